The Morgan fingerprint density at radius 2 is 2.00 bits per heavy atom. The lowest BCUT2D eigenvalue weighted by molar-refractivity contribution is -0.118. The minimum Gasteiger partial charge on any atom is -0.375 e. The van der Waals surface area contributed by atoms with E-state index >= 15 is 0 Å². The fraction of sp³-hybridized carbons (Fsp3) is 0.500. The van der Waals surface area contributed by atoms with Gasteiger partial charge in [-0.15, -0.1) is 0 Å². The summed E-state index contributed by atoms with van der Waals surface area (Å²) in [5, 5.41) is 0. The summed E-state index contributed by atoms with van der Waals surface area (Å²) in [6, 6.07) is 9.96. The van der Waals surface area contributed by atoms with Crippen molar-refractivity contribution in [1.29, 1.82) is 0 Å². The van der Waals surface area contributed by atoms with Crippen LogP contribution in [0.25, 0.3) is 0 Å². The lowest BCUT2D eigenvalue weighted by Gasteiger charge is -2.19. The number of aldehydes is 1. The van der Waals surface area contributed by atoms with Gasteiger partial charge in [0.1, 0.15) is 6.29 Å². The van der Waals surface area contributed by atoms with E-state index in [1.807, 2.05) is 44.2 Å². The van der Waals surface area contributed by atoms with E-state index in [0.717, 1.165) is 11.8 Å². The van der Waals surface area contributed by atoms with E-state index in [0.29, 0.717) is 19.8 Å². The van der Waals surface area contributed by atoms with E-state index in [1.165, 1.54) is 0 Å². The van der Waals surface area contributed by atoms with Gasteiger partial charge >= 0.3 is 0 Å². The summed E-state index contributed by atoms with van der Waals surface area (Å²) in [4.78, 5) is 10.7. The highest BCUT2D eigenvalue weighted by atomic mass is 16.5. The molecule has 0 N–H and O–H groups in total. The van der Waals surface area contributed by atoms with Crippen molar-refractivity contribution in [3.05, 3.63) is 35.9 Å². The van der Waals surface area contributed by atoms with Crippen molar-refractivity contribution in [1.82, 2.24) is 0 Å². The first-order valence-corrected chi connectivity index (χ1v) is 5.96. The van der Waals surface area contributed by atoms with Gasteiger partial charge in [0, 0.05) is 12.5 Å². The Morgan fingerprint density at radius 1 is 1.29 bits per heavy atom. The van der Waals surface area contributed by atoms with Crippen LogP contribution in [-0.2, 0) is 20.9 Å². The summed E-state index contributed by atoms with van der Waals surface area (Å²) in [6.07, 6.45) is 0.757. The van der Waals surface area contributed by atoms with Gasteiger partial charge in [-0.05, 0) is 12.5 Å². The fourth-order valence-corrected chi connectivity index (χ4v) is 1.52. The third-order valence-electron chi connectivity index (χ3n) is 2.58. The van der Waals surface area contributed by atoms with Gasteiger partial charge in [-0.25, -0.2) is 0 Å². The summed E-state index contributed by atoms with van der Waals surface area (Å²) in [5.41, 5.74) is 1.13. The van der Waals surface area contributed by atoms with Crippen LogP contribution in [-0.4, -0.2) is 25.6 Å². The van der Waals surface area contributed by atoms with Gasteiger partial charge in [-0.2, -0.15) is 0 Å². The second-order valence-corrected chi connectivity index (χ2v) is 3.99. The molecule has 3 nitrogen and oxygen atoms in total. The van der Waals surface area contributed by atoms with Gasteiger partial charge in [-0.3, -0.25) is 0 Å². The molecule has 0 saturated heterocycles. The Morgan fingerprint density at radius 3 is 2.59 bits per heavy atom. The van der Waals surface area contributed by atoms with Crippen LogP contribution < -0.4 is 0 Å². The average molecular weight is 236 g/mol. The van der Waals surface area contributed by atoms with Crippen LogP contribution in [0.4, 0.5) is 0 Å². The maximum Gasteiger partial charge on any atom is 0.125 e. The second kappa shape index (κ2) is 7.98. The molecule has 1 aromatic rings. The minimum absolute atomic E-state index is 0.134. The van der Waals surface area contributed by atoms with Gasteiger partial charge in [0.2, 0.25) is 0 Å². The largest absolute Gasteiger partial charge is 0.375 e. The zero-order valence-electron chi connectivity index (χ0n) is 10.5. The molecule has 0 saturated carbocycles. The number of rotatable bonds is 8. The predicted octanol–water partition coefficient (Wildman–Crippen LogP) is 2.44. The molecule has 0 amide bonds. The highest BCUT2D eigenvalue weighted by molar-refractivity contribution is 5.53. The van der Waals surface area contributed by atoms with Crippen molar-refractivity contribution in [2.75, 3.05) is 13.2 Å². The minimum atomic E-state index is -0.152. The molecule has 0 aliphatic rings. The summed E-state index contributed by atoms with van der Waals surface area (Å²) in [6.45, 7) is 5.36. The van der Waals surface area contributed by atoms with Crippen molar-refractivity contribution in [2.24, 2.45) is 5.92 Å². The Balaban J connectivity index is 2.34. The lowest BCUT2D eigenvalue weighted by atomic mass is 10.1. The maximum absolute atomic E-state index is 10.7. The highest BCUT2D eigenvalue weighted by Crippen LogP contribution is 2.08. The van der Waals surface area contributed by atoms with Crippen molar-refractivity contribution in [3.63, 3.8) is 0 Å². The van der Waals surface area contributed by atoms with Crippen molar-refractivity contribution in [2.45, 2.75) is 26.6 Å². The topological polar surface area (TPSA) is 35.5 Å². The molecule has 0 aliphatic heterocycles. The van der Waals surface area contributed by atoms with Crippen molar-refractivity contribution in [3.8, 4) is 0 Å². The third kappa shape index (κ3) is 5.11. The van der Waals surface area contributed by atoms with Crippen LogP contribution in [0.15, 0.2) is 30.3 Å². The zero-order valence-corrected chi connectivity index (χ0v) is 10.5. The first kappa shape index (κ1) is 13.9. The van der Waals surface area contributed by atoms with E-state index in [-0.39, 0.29) is 12.0 Å². The number of ether oxygens (including phenoxy) is 2. The maximum atomic E-state index is 10.7. The van der Waals surface area contributed by atoms with Crippen molar-refractivity contribution < 1.29 is 14.3 Å². The Hall–Kier alpha value is -1.19. The molecule has 0 radical (unpaired) electrons. The van der Waals surface area contributed by atoms with Gasteiger partial charge in [0.15, 0.2) is 0 Å². The first-order chi connectivity index (χ1) is 8.27. The van der Waals surface area contributed by atoms with E-state index in [1.54, 1.807) is 0 Å². The molecular weight excluding hydrogens is 216 g/mol. The van der Waals surface area contributed by atoms with E-state index in [4.69, 9.17) is 9.47 Å². The molecule has 0 aliphatic carbocycles. The third-order valence-corrected chi connectivity index (χ3v) is 2.58. The van der Waals surface area contributed by atoms with Crippen LogP contribution in [0, 0.1) is 5.92 Å². The first-order valence-electron chi connectivity index (χ1n) is 5.96. The molecule has 0 fully saturated rings. The molecule has 17 heavy (non-hydrogen) atoms. The number of benzene rings is 1. The summed E-state index contributed by atoms with van der Waals surface area (Å²) in [5.74, 6) is -0.134. The lowest BCUT2D eigenvalue weighted by Crippen LogP contribution is -2.28. The molecule has 3 heteroatoms. The zero-order chi connectivity index (χ0) is 12.5. The van der Waals surface area contributed by atoms with E-state index < -0.39 is 0 Å². The highest BCUT2D eigenvalue weighted by Gasteiger charge is 2.16. The molecular formula is C14H20O3. The van der Waals surface area contributed by atoms with Gasteiger partial charge in [-0.1, -0.05) is 37.3 Å². The summed E-state index contributed by atoms with van der Waals surface area (Å²) < 4.78 is 11.0. The molecule has 0 unspecified atom stereocenters. The Labute approximate surface area is 103 Å². The molecule has 2 atom stereocenters. The van der Waals surface area contributed by atoms with Crippen LogP contribution in [0.2, 0.25) is 0 Å². The predicted molar refractivity (Wildman–Crippen MR) is 66.7 cm³/mol. The van der Waals surface area contributed by atoms with Gasteiger partial charge in [0.25, 0.3) is 0 Å². The van der Waals surface area contributed by atoms with Crippen LogP contribution in [0.3, 0.4) is 0 Å². The van der Waals surface area contributed by atoms with Gasteiger partial charge in [0.05, 0.1) is 19.3 Å². The number of hydrogen-bond donors (Lipinski definition) is 0. The average Bonchev–Trinajstić information content (AvgIpc) is 2.38. The number of carbonyl (C=O) groups excluding carboxylic acids is 1. The molecule has 1 aromatic carbocycles. The number of hydrogen-bond acceptors (Lipinski definition) is 3. The quantitative estimate of drug-likeness (QED) is 0.650. The summed E-state index contributed by atoms with van der Waals surface area (Å²) >= 11 is 0. The monoisotopic (exact) mass is 236 g/mol. The smallest absolute Gasteiger partial charge is 0.125 e. The molecule has 0 spiro atoms. The Bertz CT molecular complexity index is 311. The normalized spacial score (nSPS) is 14.2. The standard InChI is InChI=1S/C14H20O3/c1-3-17-14(12(2)9-15)11-16-10-13-7-5-4-6-8-13/h4-9,12,14H,3,10-11H2,1-2H3/t12-,14-/m0/s1. The van der Waals surface area contributed by atoms with Gasteiger partial charge < -0.3 is 14.3 Å². The van der Waals surface area contributed by atoms with Crippen LogP contribution in [0.5, 0.6) is 0 Å². The summed E-state index contributed by atoms with van der Waals surface area (Å²) in [7, 11) is 0. The molecule has 0 heterocycles. The van der Waals surface area contributed by atoms with Crippen LogP contribution >= 0.6 is 0 Å². The van der Waals surface area contributed by atoms with E-state index in [9.17, 15) is 4.79 Å². The molecule has 0 aromatic heterocycles. The molecule has 94 valence electrons. The molecule has 1 rings (SSSR count). The van der Waals surface area contributed by atoms with E-state index in [2.05, 4.69) is 0 Å². The number of carbonyl (C=O) groups is 1. The second-order valence-electron chi connectivity index (χ2n) is 3.99. The Kier molecular flexibility index (Phi) is 6.51. The van der Waals surface area contributed by atoms with Crippen LogP contribution in [0.1, 0.15) is 19.4 Å². The SMILES string of the molecule is CCO[C@@H](COCc1ccccc1)[C@@H](C)C=O. The fourth-order valence-electron chi connectivity index (χ4n) is 1.52. The molecule has 0 bridgehead atoms. The van der Waals surface area contributed by atoms with Crippen molar-refractivity contribution >= 4 is 6.29 Å².